The van der Waals surface area contributed by atoms with Crippen LogP contribution in [-0.4, -0.2) is 33.8 Å². The maximum atomic E-state index is 12.6. The molecule has 4 heterocycles. The van der Waals surface area contributed by atoms with Gasteiger partial charge in [-0.25, -0.2) is 0 Å². The predicted molar refractivity (Wildman–Crippen MR) is 103 cm³/mol. The number of hydrogen-bond acceptors (Lipinski definition) is 3. The van der Waals surface area contributed by atoms with Crippen LogP contribution in [0.4, 0.5) is 0 Å². The number of amides is 1. The Balaban J connectivity index is 1.34. The number of aromatic nitrogens is 3. The molecule has 2 aliphatic heterocycles. The Kier molecular flexibility index (Phi) is 4.01. The van der Waals surface area contributed by atoms with E-state index in [2.05, 4.69) is 45.2 Å². The van der Waals surface area contributed by atoms with Gasteiger partial charge >= 0.3 is 0 Å². The zero-order chi connectivity index (χ0) is 18.4. The van der Waals surface area contributed by atoms with Gasteiger partial charge in [-0.05, 0) is 37.3 Å². The van der Waals surface area contributed by atoms with Crippen molar-refractivity contribution < 1.29 is 9.53 Å². The van der Waals surface area contributed by atoms with Gasteiger partial charge in [0.05, 0.1) is 18.7 Å². The number of aromatic amines is 1. The molecule has 0 saturated heterocycles. The van der Waals surface area contributed by atoms with Crippen LogP contribution in [0.3, 0.4) is 0 Å². The van der Waals surface area contributed by atoms with Crippen molar-refractivity contribution in [2.24, 2.45) is 0 Å². The number of rotatable bonds is 4. The molecule has 0 saturated carbocycles. The molecule has 140 valence electrons. The second-order valence-corrected chi connectivity index (χ2v) is 7.47. The van der Waals surface area contributed by atoms with Crippen LogP contribution in [0, 0.1) is 6.92 Å². The number of fused-ring (bicyclic) bond motifs is 1. The van der Waals surface area contributed by atoms with E-state index in [1.165, 1.54) is 34.1 Å². The fraction of sp³-hybridized carbons (Fsp3) is 0.429. The van der Waals surface area contributed by atoms with Crippen LogP contribution in [0.5, 0.6) is 0 Å². The second-order valence-electron chi connectivity index (χ2n) is 7.47. The number of hydrogen-bond donors (Lipinski definition) is 2. The summed E-state index contributed by atoms with van der Waals surface area (Å²) in [6, 6.07) is 6.61. The van der Waals surface area contributed by atoms with Gasteiger partial charge in [0.15, 0.2) is 5.69 Å². The fourth-order valence-electron chi connectivity index (χ4n) is 4.59. The number of ether oxygens (including phenoxy) is 1. The van der Waals surface area contributed by atoms with Crippen LogP contribution in [0.1, 0.15) is 45.0 Å². The minimum atomic E-state index is -0.121. The van der Waals surface area contributed by atoms with Gasteiger partial charge in [0.1, 0.15) is 0 Å². The van der Waals surface area contributed by atoms with Gasteiger partial charge in [0.2, 0.25) is 0 Å². The lowest BCUT2D eigenvalue weighted by atomic mass is 10.0. The summed E-state index contributed by atoms with van der Waals surface area (Å²) in [5.41, 5.74) is 7.92. The van der Waals surface area contributed by atoms with Gasteiger partial charge < -0.3 is 14.6 Å². The largest absolute Gasteiger partial charge is 0.376 e. The summed E-state index contributed by atoms with van der Waals surface area (Å²) in [4.78, 5) is 12.6. The molecule has 1 aromatic carbocycles. The highest BCUT2D eigenvalue weighted by molar-refractivity contribution is 5.94. The highest BCUT2D eigenvalue weighted by atomic mass is 16.5. The van der Waals surface area contributed by atoms with E-state index in [4.69, 9.17) is 4.74 Å². The number of nitrogens with one attached hydrogen (secondary N) is 2. The van der Waals surface area contributed by atoms with Crippen molar-refractivity contribution in [1.29, 1.82) is 0 Å². The standard InChI is InChI=1S/C21H24N4O2/c1-13-15(16-6-2-4-14-5-3-10-25(13)20(14)16)7-9-22-21(26)19-17-12-27-11-8-18(17)23-24-19/h2,4,6H,3,5,7-12H2,1H3,(H,22,26)(H,23,24). The third kappa shape index (κ3) is 2.67. The summed E-state index contributed by atoms with van der Waals surface area (Å²) in [6.45, 7) is 5.04. The number of benzene rings is 1. The van der Waals surface area contributed by atoms with Crippen molar-refractivity contribution in [1.82, 2.24) is 20.1 Å². The van der Waals surface area contributed by atoms with Crippen molar-refractivity contribution >= 4 is 16.8 Å². The first-order chi connectivity index (χ1) is 13.2. The maximum Gasteiger partial charge on any atom is 0.272 e. The Morgan fingerprint density at radius 1 is 1.37 bits per heavy atom. The van der Waals surface area contributed by atoms with E-state index in [0.29, 0.717) is 25.5 Å². The number of carbonyl (C=O) groups is 1. The maximum absolute atomic E-state index is 12.6. The topological polar surface area (TPSA) is 71.9 Å². The highest BCUT2D eigenvalue weighted by Gasteiger charge is 2.23. The quantitative estimate of drug-likeness (QED) is 0.748. The number of nitrogens with zero attached hydrogens (tertiary/aromatic N) is 2. The molecule has 1 amide bonds. The van der Waals surface area contributed by atoms with Crippen molar-refractivity contribution in [3.05, 3.63) is 52.0 Å². The van der Waals surface area contributed by atoms with Crippen LogP contribution in [0.15, 0.2) is 18.2 Å². The molecule has 27 heavy (non-hydrogen) atoms. The van der Waals surface area contributed by atoms with Crippen molar-refractivity contribution in [3.63, 3.8) is 0 Å². The molecule has 6 heteroatoms. The van der Waals surface area contributed by atoms with Gasteiger partial charge in [-0.15, -0.1) is 0 Å². The van der Waals surface area contributed by atoms with Crippen LogP contribution in [-0.2, 0) is 37.2 Å². The van der Waals surface area contributed by atoms with Crippen LogP contribution >= 0.6 is 0 Å². The summed E-state index contributed by atoms with van der Waals surface area (Å²) in [5, 5.41) is 11.6. The summed E-state index contributed by atoms with van der Waals surface area (Å²) in [7, 11) is 0. The first kappa shape index (κ1) is 16.6. The number of carbonyl (C=O) groups excluding carboxylic acids is 1. The van der Waals surface area contributed by atoms with Crippen LogP contribution < -0.4 is 5.32 Å². The Hall–Kier alpha value is -2.60. The summed E-state index contributed by atoms with van der Waals surface area (Å²) < 4.78 is 7.92. The van der Waals surface area contributed by atoms with E-state index in [0.717, 1.165) is 37.1 Å². The molecule has 2 N–H and O–H groups in total. The Bertz CT molecular complexity index is 1030. The molecule has 0 fully saturated rings. The van der Waals surface area contributed by atoms with E-state index in [1.807, 2.05) is 0 Å². The Morgan fingerprint density at radius 3 is 3.22 bits per heavy atom. The van der Waals surface area contributed by atoms with Gasteiger partial charge in [-0.1, -0.05) is 18.2 Å². The smallest absolute Gasteiger partial charge is 0.272 e. The summed E-state index contributed by atoms with van der Waals surface area (Å²) in [5.74, 6) is -0.121. The Morgan fingerprint density at radius 2 is 2.30 bits per heavy atom. The zero-order valence-corrected chi connectivity index (χ0v) is 15.6. The lowest BCUT2D eigenvalue weighted by molar-refractivity contribution is 0.0925. The molecular weight excluding hydrogens is 340 g/mol. The molecule has 0 bridgehead atoms. The zero-order valence-electron chi connectivity index (χ0n) is 15.6. The monoisotopic (exact) mass is 364 g/mol. The summed E-state index contributed by atoms with van der Waals surface area (Å²) in [6.07, 6.45) is 3.97. The predicted octanol–water partition coefficient (Wildman–Crippen LogP) is 2.66. The van der Waals surface area contributed by atoms with E-state index in [-0.39, 0.29) is 5.91 Å². The van der Waals surface area contributed by atoms with E-state index < -0.39 is 0 Å². The van der Waals surface area contributed by atoms with Crippen LogP contribution in [0.25, 0.3) is 10.9 Å². The minimum Gasteiger partial charge on any atom is -0.376 e. The number of para-hydroxylation sites is 1. The normalized spacial score (nSPS) is 15.7. The SMILES string of the molecule is Cc1c(CCNC(=O)c2n[nH]c3c2COCC3)c2cccc3c2n1CCC3. The first-order valence-electron chi connectivity index (χ1n) is 9.75. The third-order valence-electron chi connectivity index (χ3n) is 5.96. The number of aryl methyl sites for hydroxylation is 2. The molecule has 0 radical (unpaired) electrons. The first-order valence-corrected chi connectivity index (χ1v) is 9.75. The molecule has 2 aliphatic rings. The third-order valence-corrected chi connectivity index (χ3v) is 5.96. The highest BCUT2D eigenvalue weighted by Crippen LogP contribution is 2.32. The molecule has 5 rings (SSSR count). The summed E-state index contributed by atoms with van der Waals surface area (Å²) >= 11 is 0. The average Bonchev–Trinajstić information content (AvgIpc) is 3.24. The van der Waals surface area contributed by atoms with Crippen LogP contribution in [0.2, 0.25) is 0 Å². The second kappa shape index (κ2) is 6.53. The van der Waals surface area contributed by atoms with Crippen molar-refractivity contribution in [3.8, 4) is 0 Å². The van der Waals surface area contributed by atoms with Crippen molar-refractivity contribution in [2.45, 2.75) is 45.8 Å². The molecular formula is C21H24N4O2. The molecule has 0 atom stereocenters. The lowest BCUT2D eigenvalue weighted by Gasteiger charge is -2.16. The molecule has 2 aromatic heterocycles. The van der Waals surface area contributed by atoms with E-state index in [1.54, 1.807) is 0 Å². The van der Waals surface area contributed by atoms with E-state index in [9.17, 15) is 4.79 Å². The van der Waals surface area contributed by atoms with E-state index >= 15 is 0 Å². The molecule has 0 spiro atoms. The van der Waals surface area contributed by atoms with Crippen molar-refractivity contribution in [2.75, 3.05) is 13.2 Å². The van der Waals surface area contributed by atoms with Gasteiger partial charge in [-0.2, -0.15) is 5.10 Å². The van der Waals surface area contributed by atoms with Gasteiger partial charge in [0, 0.05) is 41.8 Å². The fourth-order valence-corrected chi connectivity index (χ4v) is 4.59. The van der Waals surface area contributed by atoms with Gasteiger partial charge in [-0.3, -0.25) is 9.89 Å². The minimum absolute atomic E-state index is 0.121. The molecule has 0 aliphatic carbocycles. The average molecular weight is 364 g/mol. The Labute approximate surface area is 157 Å². The number of H-pyrrole nitrogens is 1. The van der Waals surface area contributed by atoms with Gasteiger partial charge in [0.25, 0.3) is 5.91 Å². The lowest BCUT2D eigenvalue weighted by Crippen LogP contribution is -2.27. The molecule has 3 aromatic rings. The molecule has 6 nitrogen and oxygen atoms in total. The molecule has 0 unspecified atom stereocenters.